The van der Waals surface area contributed by atoms with Crippen LogP contribution in [-0.2, 0) is 0 Å². The third-order valence-electron chi connectivity index (χ3n) is 4.23. The van der Waals surface area contributed by atoms with Gasteiger partial charge in [0.25, 0.3) is 0 Å². The SMILES string of the molecule is Clc1cccc(-c2cc(-c3cccs3)c3oc4ccccc4c3n2)c1. The van der Waals surface area contributed by atoms with Crippen molar-refractivity contribution in [2.75, 3.05) is 0 Å². The molecule has 3 aromatic heterocycles. The number of rotatable bonds is 2. The molecule has 0 radical (unpaired) electrons. The lowest BCUT2D eigenvalue weighted by atomic mass is 10.1. The van der Waals surface area contributed by atoms with Crippen LogP contribution in [0.3, 0.4) is 0 Å². The molecular weight excluding hydrogens is 350 g/mol. The maximum atomic E-state index is 6.18. The second kappa shape index (κ2) is 5.73. The highest BCUT2D eigenvalue weighted by Crippen LogP contribution is 2.39. The van der Waals surface area contributed by atoms with Crippen molar-refractivity contribution >= 4 is 45.0 Å². The number of hydrogen-bond donors (Lipinski definition) is 0. The summed E-state index contributed by atoms with van der Waals surface area (Å²) < 4.78 is 6.14. The molecule has 0 N–H and O–H groups in total. The molecule has 5 aromatic rings. The standard InChI is InChI=1S/C21H12ClNOS/c22-14-6-3-5-13(11-14)17-12-16(19-9-4-10-25-19)21-20(23-17)15-7-1-2-8-18(15)24-21/h1-12H. The van der Waals surface area contributed by atoms with Gasteiger partial charge in [-0.3, -0.25) is 0 Å². The zero-order valence-electron chi connectivity index (χ0n) is 13.1. The van der Waals surface area contributed by atoms with E-state index in [4.69, 9.17) is 21.0 Å². The van der Waals surface area contributed by atoms with Gasteiger partial charge in [-0.25, -0.2) is 4.98 Å². The van der Waals surface area contributed by atoms with Gasteiger partial charge in [0.2, 0.25) is 0 Å². The first kappa shape index (κ1) is 14.7. The maximum absolute atomic E-state index is 6.18. The lowest BCUT2D eigenvalue weighted by molar-refractivity contribution is 0.669. The fourth-order valence-corrected chi connectivity index (χ4v) is 4.02. The smallest absolute Gasteiger partial charge is 0.162 e. The normalized spacial score (nSPS) is 11.4. The molecule has 2 nitrogen and oxygen atoms in total. The number of aromatic nitrogens is 1. The van der Waals surface area contributed by atoms with E-state index < -0.39 is 0 Å². The topological polar surface area (TPSA) is 26.0 Å². The Morgan fingerprint density at radius 3 is 2.68 bits per heavy atom. The molecule has 5 rings (SSSR count). The van der Waals surface area contributed by atoms with E-state index in [9.17, 15) is 0 Å². The minimum Gasteiger partial charge on any atom is -0.454 e. The third-order valence-corrected chi connectivity index (χ3v) is 5.37. The Labute approximate surface area is 153 Å². The van der Waals surface area contributed by atoms with E-state index in [-0.39, 0.29) is 0 Å². The summed E-state index contributed by atoms with van der Waals surface area (Å²) in [6, 6.07) is 22.0. The van der Waals surface area contributed by atoms with Crippen LogP contribution in [0.2, 0.25) is 5.02 Å². The van der Waals surface area contributed by atoms with Gasteiger partial charge in [-0.1, -0.05) is 41.9 Å². The number of nitrogens with zero attached hydrogens (tertiary/aromatic N) is 1. The third kappa shape index (κ3) is 2.44. The summed E-state index contributed by atoms with van der Waals surface area (Å²) in [7, 11) is 0. The highest BCUT2D eigenvalue weighted by Gasteiger charge is 2.16. The van der Waals surface area contributed by atoms with Crippen LogP contribution in [0.4, 0.5) is 0 Å². The first-order chi connectivity index (χ1) is 12.3. The fraction of sp³-hybridized carbons (Fsp3) is 0. The molecule has 0 saturated carbocycles. The van der Waals surface area contributed by atoms with Crippen molar-refractivity contribution in [3.8, 4) is 21.7 Å². The van der Waals surface area contributed by atoms with E-state index in [1.807, 2.05) is 54.6 Å². The van der Waals surface area contributed by atoms with Gasteiger partial charge in [0.15, 0.2) is 5.58 Å². The van der Waals surface area contributed by atoms with Gasteiger partial charge in [0.1, 0.15) is 11.1 Å². The van der Waals surface area contributed by atoms with Crippen LogP contribution in [0.1, 0.15) is 0 Å². The lowest BCUT2D eigenvalue weighted by Crippen LogP contribution is -1.87. The van der Waals surface area contributed by atoms with Gasteiger partial charge in [-0.05, 0) is 41.8 Å². The summed E-state index contributed by atoms with van der Waals surface area (Å²) in [6.45, 7) is 0. The summed E-state index contributed by atoms with van der Waals surface area (Å²) >= 11 is 7.88. The van der Waals surface area contributed by atoms with Crippen LogP contribution in [0.15, 0.2) is 76.5 Å². The molecule has 25 heavy (non-hydrogen) atoms. The zero-order chi connectivity index (χ0) is 16.8. The fourth-order valence-electron chi connectivity index (χ4n) is 3.09. The molecule has 0 saturated heterocycles. The second-order valence-electron chi connectivity index (χ2n) is 5.82. The van der Waals surface area contributed by atoms with Crippen molar-refractivity contribution in [2.45, 2.75) is 0 Å². The molecule has 0 aliphatic carbocycles. The number of hydrogen-bond acceptors (Lipinski definition) is 3. The summed E-state index contributed by atoms with van der Waals surface area (Å²) in [6.07, 6.45) is 0. The minimum atomic E-state index is 0.703. The van der Waals surface area contributed by atoms with Gasteiger partial charge in [0.05, 0.1) is 5.69 Å². The van der Waals surface area contributed by atoms with Crippen molar-refractivity contribution in [3.63, 3.8) is 0 Å². The van der Waals surface area contributed by atoms with Crippen LogP contribution in [0, 0.1) is 0 Å². The number of para-hydroxylation sites is 1. The molecule has 0 spiro atoms. The Bertz CT molecular complexity index is 1210. The number of furan rings is 1. The van der Waals surface area contributed by atoms with Crippen LogP contribution in [0.25, 0.3) is 43.8 Å². The van der Waals surface area contributed by atoms with Crippen molar-refractivity contribution in [1.82, 2.24) is 4.98 Å². The number of fused-ring (bicyclic) bond motifs is 3. The summed E-state index contributed by atoms with van der Waals surface area (Å²) in [5, 5.41) is 3.80. The number of benzene rings is 2. The molecule has 4 heteroatoms. The molecule has 0 aliphatic rings. The predicted molar refractivity (Wildman–Crippen MR) is 105 cm³/mol. The number of thiophene rings is 1. The molecule has 0 amide bonds. The number of pyridine rings is 1. The second-order valence-corrected chi connectivity index (χ2v) is 7.20. The van der Waals surface area contributed by atoms with E-state index >= 15 is 0 Å². The van der Waals surface area contributed by atoms with E-state index in [2.05, 4.69) is 17.5 Å². The van der Waals surface area contributed by atoms with Crippen LogP contribution in [-0.4, -0.2) is 4.98 Å². The zero-order valence-corrected chi connectivity index (χ0v) is 14.6. The molecule has 3 heterocycles. The maximum Gasteiger partial charge on any atom is 0.162 e. The van der Waals surface area contributed by atoms with E-state index in [0.29, 0.717) is 5.02 Å². The monoisotopic (exact) mass is 361 g/mol. The summed E-state index contributed by atoms with van der Waals surface area (Å²) in [5.41, 5.74) is 5.52. The van der Waals surface area contributed by atoms with Gasteiger partial charge >= 0.3 is 0 Å². The Hall–Kier alpha value is -2.62. The quantitative estimate of drug-likeness (QED) is 0.337. The van der Waals surface area contributed by atoms with Gasteiger partial charge in [-0.15, -0.1) is 11.3 Å². The van der Waals surface area contributed by atoms with E-state index in [1.54, 1.807) is 11.3 Å². The molecule has 0 bridgehead atoms. The Morgan fingerprint density at radius 2 is 1.84 bits per heavy atom. The van der Waals surface area contributed by atoms with Gasteiger partial charge in [0, 0.05) is 26.4 Å². The molecule has 120 valence electrons. The Morgan fingerprint density at radius 1 is 0.920 bits per heavy atom. The van der Waals surface area contributed by atoms with Crippen LogP contribution < -0.4 is 0 Å². The predicted octanol–water partition coefficient (Wildman–Crippen LogP) is 7.03. The minimum absolute atomic E-state index is 0.703. The first-order valence-electron chi connectivity index (χ1n) is 7.92. The average molecular weight is 362 g/mol. The first-order valence-corrected chi connectivity index (χ1v) is 9.17. The lowest BCUT2D eigenvalue weighted by Gasteiger charge is -2.06. The highest BCUT2D eigenvalue weighted by molar-refractivity contribution is 7.13. The molecule has 0 atom stereocenters. The van der Waals surface area contributed by atoms with Gasteiger partial charge < -0.3 is 4.42 Å². The van der Waals surface area contributed by atoms with Crippen LogP contribution >= 0.6 is 22.9 Å². The van der Waals surface area contributed by atoms with Crippen molar-refractivity contribution in [1.29, 1.82) is 0 Å². The molecule has 0 fully saturated rings. The summed E-state index contributed by atoms with van der Waals surface area (Å²) in [5.74, 6) is 0. The van der Waals surface area contributed by atoms with Crippen molar-refractivity contribution in [3.05, 3.63) is 77.1 Å². The van der Waals surface area contributed by atoms with E-state index in [1.165, 1.54) is 0 Å². The molecule has 0 unspecified atom stereocenters. The van der Waals surface area contributed by atoms with Crippen molar-refractivity contribution < 1.29 is 4.42 Å². The highest BCUT2D eigenvalue weighted by atomic mass is 35.5. The molecule has 2 aromatic carbocycles. The Kier molecular flexibility index (Phi) is 3.37. The largest absolute Gasteiger partial charge is 0.454 e. The van der Waals surface area contributed by atoms with Gasteiger partial charge in [-0.2, -0.15) is 0 Å². The Balaban J connectivity index is 1.89. The van der Waals surface area contributed by atoms with E-state index in [0.717, 1.165) is 43.8 Å². The van der Waals surface area contributed by atoms with Crippen molar-refractivity contribution in [2.24, 2.45) is 0 Å². The molecular formula is C21H12ClNOS. The summed E-state index contributed by atoms with van der Waals surface area (Å²) in [4.78, 5) is 6.06. The molecule has 0 aliphatic heterocycles. The number of halogens is 1. The average Bonchev–Trinajstić information content (AvgIpc) is 3.29. The van der Waals surface area contributed by atoms with Crippen LogP contribution in [0.5, 0.6) is 0 Å².